The molecular formula is C29H29N3O3. The summed E-state index contributed by atoms with van der Waals surface area (Å²) in [6, 6.07) is 25.7. The lowest BCUT2D eigenvalue weighted by Gasteiger charge is -2.36. The normalized spacial score (nSPS) is 14.5. The molecule has 1 aliphatic rings. The number of ketones is 1. The first-order chi connectivity index (χ1) is 17.1. The number of hydroxylamine groups is 1. The van der Waals surface area contributed by atoms with Gasteiger partial charge < -0.3 is 4.90 Å². The van der Waals surface area contributed by atoms with E-state index >= 15 is 0 Å². The molecule has 0 radical (unpaired) electrons. The van der Waals surface area contributed by atoms with Gasteiger partial charge in [-0.2, -0.15) is 0 Å². The molecule has 0 aliphatic carbocycles. The van der Waals surface area contributed by atoms with Crippen molar-refractivity contribution >= 4 is 29.5 Å². The Labute approximate surface area is 205 Å². The first-order valence-corrected chi connectivity index (χ1v) is 11.7. The number of para-hydroxylation sites is 1. The number of allylic oxidation sites excluding steroid dienone is 1. The first-order valence-electron chi connectivity index (χ1n) is 11.7. The molecule has 1 amide bonds. The van der Waals surface area contributed by atoms with Crippen molar-refractivity contribution < 1.29 is 14.8 Å². The van der Waals surface area contributed by atoms with Crippen molar-refractivity contribution in [1.29, 1.82) is 0 Å². The lowest BCUT2D eigenvalue weighted by atomic mass is 10.0. The zero-order valence-corrected chi connectivity index (χ0v) is 19.5. The van der Waals surface area contributed by atoms with E-state index in [2.05, 4.69) is 34.1 Å². The smallest absolute Gasteiger partial charge is 0.267 e. The van der Waals surface area contributed by atoms with Crippen LogP contribution in [0.2, 0.25) is 0 Å². The number of nitrogens with one attached hydrogen (secondary N) is 1. The van der Waals surface area contributed by atoms with E-state index in [1.807, 2.05) is 54.6 Å². The van der Waals surface area contributed by atoms with Gasteiger partial charge in [-0.15, -0.1) is 0 Å². The second kappa shape index (κ2) is 11.9. The minimum absolute atomic E-state index is 0.0482. The average molecular weight is 468 g/mol. The van der Waals surface area contributed by atoms with Gasteiger partial charge in [0.15, 0.2) is 5.78 Å². The highest BCUT2D eigenvalue weighted by molar-refractivity contribution is 6.10. The summed E-state index contributed by atoms with van der Waals surface area (Å²) in [5, 5.41) is 8.61. The number of piperazine rings is 1. The largest absolute Gasteiger partial charge is 0.368 e. The molecule has 0 spiro atoms. The SMILES string of the molecule is O=C(/C=C/c1cccc(/C=C/C(=O)c2ccccc2N2CCN(Cc3ccccc3)CC2)c1)NO. The Morgan fingerprint density at radius 1 is 0.800 bits per heavy atom. The molecule has 1 aliphatic heterocycles. The van der Waals surface area contributed by atoms with Crippen molar-refractivity contribution in [2.45, 2.75) is 6.54 Å². The average Bonchev–Trinajstić information content (AvgIpc) is 2.91. The van der Waals surface area contributed by atoms with Crippen LogP contribution in [0.3, 0.4) is 0 Å². The molecule has 1 saturated heterocycles. The summed E-state index contributed by atoms with van der Waals surface area (Å²) in [5.41, 5.74) is 6.17. The fourth-order valence-electron chi connectivity index (χ4n) is 4.18. The number of rotatable bonds is 8. The molecule has 0 unspecified atom stereocenters. The van der Waals surface area contributed by atoms with Gasteiger partial charge in [-0.3, -0.25) is 19.7 Å². The van der Waals surface area contributed by atoms with Gasteiger partial charge in [0.1, 0.15) is 0 Å². The monoisotopic (exact) mass is 467 g/mol. The fraction of sp³-hybridized carbons (Fsp3) is 0.172. The number of anilines is 1. The summed E-state index contributed by atoms with van der Waals surface area (Å²) >= 11 is 0. The molecule has 3 aromatic rings. The zero-order chi connectivity index (χ0) is 24.5. The van der Waals surface area contributed by atoms with Crippen LogP contribution in [0.1, 0.15) is 27.0 Å². The maximum atomic E-state index is 13.1. The van der Waals surface area contributed by atoms with Gasteiger partial charge in [0, 0.05) is 50.1 Å². The minimum atomic E-state index is -0.598. The number of hydrogen-bond donors (Lipinski definition) is 2. The quantitative estimate of drug-likeness (QED) is 0.222. The molecule has 0 atom stereocenters. The van der Waals surface area contributed by atoms with E-state index in [4.69, 9.17) is 5.21 Å². The third-order valence-electron chi connectivity index (χ3n) is 6.01. The maximum absolute atomic E-state index is 13.1. The van der Waals surface area contributed by atoms with Crippen LogP contribution < -0.4 is 10.4 Å². The van der Waals surface area contributed by atoms with Crippen molar-refractivity contribution in [3.05, 3.63) is 113 Å². The summed E-state index contributed by atoms with van der Waals surface area (Å²) in [7, 11) is 0. The second-order valence-electron chi connectivity index (χ2n) is 8.44. The molecule has 6 nitrogen and oxygen atoms in total. The van der Waals surface area contributed by atoms with Crippen LogP contribution in [0.15, 0.2) is 91.0 Å². The molecule has 3 aromatic carbocycles. The Morgan fingerprint density at radius 3 is 2.17 bits per heavy atom. The predicted molar refractivity (Wildman–Crippen MR) is 139 cm³/mol. The lowest BCUT2D eigenvalue weighted by Crippen LogP contribution is -2.46. The summed E-state index contributed by atoms with van der Waals surface area (Å²) in [5.74, 6) is -0.647. The van der Waals surface area contributed by atoms with Crippen LogP contribution in [0.4, 0.5) is 5.69 Å². The summed E-state index contributed by atoms with van der Waals surface area (Å²) in [6.07, 6.45) is 6.20. The number of nitrogens with zero attached hydrogens (tertiary/aromatic N) is 2. The van der Waals surface area contributed by atoms with E-state index in [-0.39, 0.29) is 5.78 Å². The maximum Gasteiger partial charge on any atom is 0.267 e. The molecule has 4 rings (SSSR count). The highest BCUT2D eigenvalue weighted by Crippen LogP contribution is 2.23. The third kappa shape index (κ3) is 6.76. The van der Waals surface area contributed by atoms with E-state index in [1.165, 1.54) is 11.6 Å². The first kappa shape index (κ1) is 24.1. The molecule has 1 heterocycles. The van der Waals surface area contributed by atoms with Crippen LogP contribution in [0.5, 0.6) is 0 Å². The second-order valence-corrected chi connectivity index (χ2v) is 8.44. The molecule has 2 N–H and O–H groups in total. The van der Waals surface area contributed by atoms with Crippen LogP contribution in [0.25, 0.3) is 12.2 Å². The summed E-state index contributed by atoms with van der Waals surface area (Å²) < 4.78 is 0. The van der Waals surface area contributed by atoms with E-state index < -0.39 is 5.91 Å². The number of amides is 1. The molecule has 0 bridgehead atoms. The van der Waals surface area contributed by atoms with Crippen molar-refractivity contribution in [3.63, 3.8) is 0 Å². The molecule has 0 aromatic heterocycles. The molecule has 35 heavy (non-hydrogen) atoms. The Hall–Kier alpha value is -4.00. The van der Waals surface area contributed by atoms with E-state index in [0.717, 1.165) is 49.5 Å². The standard InChI is InChI=1S/C29H29N3O3/c33-28(15-13-23-9-6-10-24(21-23)14-16-29(34)30-35)26-11-4-5-12-27(26)32-19-17-31(18-20-32)22-25-7-2-1-3-8-25/h1-16,21,35H,17-20,22H2,(H,30,34)/b15-13+,16-14+. The van der Waals surface area contributed by atoms with Crippen LogP contribution in [-0.2, 0) is 11.3 Å². The van der Waals surface area contributed by atoms with Gasteiger partial charge in [-0.25, -0.2) is 5.48 Å². The predicted octanol–water partition coefficient (Wildman–Crippen LogP) is 4.42. The Kier molecular flexibility index (Phi) is 8.22. The van der Waals surface area contributed by atoms with E-state index in [9.17, 15) is 9.59 Å². The Balaban J connectivity index is 1.41. The van der Waals surface area contributed by atoms with Crippen molar-refractivity contribution in [1.82, 2.24) is 10.4 Å². The van der Waals surface area contributed by atoms with Gasteiger partial charge in [-0.1, -0.05) is 66.7 Å². The molecule has 178 valence electrons. The summed E-state index contributed by atoms with van der Waals surface area (Å²) in [4.78, 5) is 29.0. The number of hydrogen-bond acceptors (Lipinski definition) is 5. The number of benzene rings is 3. The molecule has 1 fully saturated rings. The fourth-order valence-corrected chi connectivity index (χ4v) is 4.18. The lowest BCUT2D eigenvalue weighted by molar-refractivity contribution is -0.124. The van der Waals surface area contributed by atoms with Gasteiger partial charge in [-0.05, 0) is 47.0 Å². The van der Waals surface area contributed by atoms with Crippen molar-refractivity contribution in [2.75, 3.05) is 31.1 Å². The Morgan fingerprint density at radius 2 is 1.46 bits per heavy atom. The van der Waals surface area contributed by atoms with E-state index in [0.29, 0.717) is 5.56 Å². The molecule has 0 saturated carbocycles. The van der Waals surface area contributed by atoms with Gasteiger partial charge in [0.25, 0.3) is 5.91 Å². The van der Waals surface area contributed by atoms with E-state index in [1.54, 1.807) is 23.7 Å². The number of carbonyl (C=O) groups is 2. The van der Waals surface area contributed by atoms with Crippen LogP contribution >= 0.6 is 0 Å². The highest BCUT2D eigenvalue weighted by Gasteiger charge is 2.20. The van der Waals surface area contributed by atoms with Gasteiger partial charge in [0.2, 0.25) is 0 Å². The number of carbonyl (C=O) groups excluding carboxylic acids is 2. The van der Waals surface area contributed by atoms with Gasteiger partial charge >= 0.3 is 0 Å². The van der Waals surface area contributed by atoms with Crippen molar-refractivity contribution in [3.8, 4) is 0 Å². The van der Waals surface area contributed by atoms with Crippen molar-refractivity contribution in [2.24, 2.45) is 0 Å². The highest BCUT2D eigenvalue weighted by atomic mass is 16.5. The molecule has 6 heteroatoms. The minimum Gasteiger partial charge on any atom is -0.368 e. The topological polar surface area (TPSA) is 72.9 Å². The van der Waals surface area contributed by atoms with Crippen LogP contribution in [-0.4, -0.2) is 48.0 Å². The third-order valence-corrected chi connectivity index (χ3v) is 6.01. The zero-order valence-electron chi connectivity index (χ0n) is 19.5. The Bertz CT molecular complexity index is 1210. The van der Waals surface area contributed by atoms with Gasteiger partial charge in [0.05, 0.1) is 0 Å². The molecular weight excluding hydrogens is 438 g/mol. The van der Waals surface area contributed by atoms with Crippen LogP contribution in [0, 0.1) is 0 Å². The summed E-state index contributed by atoms with van der Waals surface area (Å²) in [6.45, 7) is 4.58.